The van der Waals surface area contributed by atoms with Gasteiger partial charge in [-0.1, -0.05) is 0 Å². The van der Waals surface area contributed by atoms with E-state index in [0.29, 0.717) is 11.1 Å². The summed E-state index contributed by atoms with van der Waals surface area (Å²) in [6.45, 7) is 9.20. The van der Waals surface area contributed by atoms with Crippen molar-refractivity contribution >= 4 is 16.1 Å². The fraction of sp³-hybridized carbons (Fsp3) is 0.556. The maximum absolute atomic E-state index is 13.1. The Morgan fingerprint density at radius 3 is 2.42 bits per heavy atom. The monoisotopic (exact) mass is 379 g/mol. The van der Waals surface area contributed by atoms with Crippen LogP contribution in [0.1, 0.15) is 38.8 Å². The summed E-state index contributed by atoms with van der Waals surface area (Å²) in [6, 6.07) is 5.99. The summed E-state index contributed by atoms with van der Waals surface area (Å²) in [7, 11) is -3.77. The number of nitrogens with zero attached hydrogens (tertiary/aromatic N) is 3. The lowest BCUT2D eigenvalue weighted by atomic mass is 9.96. The van der Waals surface area contributed by atoms with E-state index in [-0.39, 0.29) is 29.0 Å². The molecular weight excluding hydrogens is 354 g/mol. The molecule has 0 N–H and O–H groups in total. The van der Waals surface area contributed by atoms with Crippen molar-refractivity contribution in [3.05, 3.63) is 29.3 Å². The van der Waals surface area contributed by atoms with Gasteiger partial charge in [0.15, 0.2) is 0 Å². The largest absolute Gasteiger partial charge is 0.498 e. The third-order valence-corrected chi connectivity index (χ3v) is 7.39. The van der Waals surface area contributed by atoms with E-state index < -0.39 is 27.7 Å². The van der Waals surface area contributed by atoms with Gasteiger partial charge >= 0.3 is 0 Å². The molecule has 1 unspecified atom stereocenters. The number of amides is 1. The molecule has 2 atom stereocenters. The minimum absolute atomic E-state index is 0.0903. The van der Waals surface area contributed by atoms with Crippen LogP contribution in [0, 0.1) is 18.3 Å². The fourth-order valence-electron chi connectivity index (χ4n) is 3.92. The molecular formula is C18H25N3O4S. The Hall–Kier alpha value is -1.95. The van der Waals surface area contributed by atoms with Crippen molar-refractivity contribution in [3.63, 3.8) is 0 Å². The van der Waals surface area contributed by atoms with Crippen molar-refractivity contribution in [1.82, 2.24) is 4.31 Å². The van der Waals surface area contributed by atoms with Crippen LogP contribution >= 0.6 is 0 Å². The van der Waals surface area contributed by atoms with Crippen molar-refractivity contribution in [2.75, 3.05) is 19.6 Å². The number of aryl methyl sites for hydroxylation is 1. The van der Waals surface area contributed by atoms with Crippen LogP contribution < -0.4 is 5.11 Å². The molecule has 0 aromatic heterocycles. The molecule has 7 nitrogen and oxygen atoms in total. The van der Waals surface area contributed by atoms with Crippen LogP contribution in [0.2, 0.25) is 0 Å². The minimum Gasteiger partial charge on any atom is -0.498 e. The summed E-state index contributed by atoms with van der Waals surface area (Å²) < 4.78 is 27.2. The number of carboxylic acid groups (broad SMARTS) is 1. The normalized spacial score (nSPS) is 24.8. The molecule has 1 saturated heterocycles. The lowest BCUT2D eigenvalue weighted by Gasteiger charge is -2.55. The molecule has 1 fully saturated rings. The fourth-order valence-corrected chi connectivity index (χ4v) is 5.64. The number of hydrogen-bond donors (Lipinski definition) is 0. The van der Waals surface area contributed by atoms with E-state index in [1.165, 1.54) is 22.5 Å². The number of nitriles is 1. The summed E-state index contributed by atoms with van der Waals surface area (Å²) in [4.78, 5) is 12.1. The summed E-state index contributed by atoms with van der Waals surface area (Å²) in [5, 5.41) is 20.9. The van der Waals surface area contributed by atoms with Gasteiger partial charge in [-0.15, -0.1) is 0 Å². The van der Waals surface area contributed by atoms with E-state index in [1.54, 1.807) is 13.8 Å². The first-order valence-corrected chi connectivity index (χ1v) is 9.92. The van der Waals surface area contributed by atoms with Gasteiger partial charge in [0, 0.05) is 0 Å². The molecule has 26 heavy (non-hydrogen) atoms. The van der Waals surface area contributed by atoms with E-state index in [1.807, 2.05) is 26.8 Å². The van der Waals surface area contributed by atoms with Crippen molar-refractivity contribution in [3.8, 4) is 6.07 Å². The SMILES string of the molecule is Cc1cc(C#N)ccc1S(=O)(=O)N1CC[N+](C(=O)[O-])(C(C)(C)C)[C@H](C)C1. The van der Waals surface area contributed by atoms with Gasteiger partial charge in [-0.2, -0.15) is 9.57 Å². The molecule has 1 aliphatic heterocycles. The number of hydrogen-bond acceptors (Lipinski definition) is 5. The first-order valence-electron chi connectivity index (χ1n) is 8.48. The molecule has 0 saturated carbocycles. The predicted octanol–water partition coefficient (Wildman–Crippen LogP) is 1.22. The van der Waals surface area contributed by atoms with Crippen LogP contribution in [0.15, 0.2) is 23.1 Å². The smallest absolute Gasteiger partial charge is 0.258 e. The molecule has 0 spiro atoms. The first-order chi connectivity index (χ1) is 11.9. The summed E-state index contributed by atoms with van der Waals surface area (Å²) in [6.07, 6.45) is -1.18. The van der Waals surface area contributed by atoms with Gasteiger partial charge in [0.05, 0.1) is 41.7 Å². The number of quaternary nitrogens is 1. The Kier molecular flexibility index (Phi) is 5.21. The lowest BCUT2D eigenvalue weighted by Crippen LogP contribution is -2.76. The Bertz CT molecular complexity index is 867. The van der Waals surface area contributed by atoms with E-state index in [2.05, 4.69) is 0 Å². The van der Waals surface area contributed by atoms with Crippen LogP contribution in [-0.4, -0.2) is 54.5 Å². The van der Waals surface area contributed by atoms with Crippen molar-refractivity contribution in [1.29, 1.82) is 5.26 Å². The highest BCUT2D eigenvalue weighted by Gasteiger charge is 2.51. The maximum Gasteiger partial charge on any atom is 0.258 e. The predicted molar refractivity (Wildman–Crippen MR) is 94.4 cm³/mol. The van der Waals surface area contributed by atoms with Crippen molar-refractivity contribution in [2.24, 2.45) is 0 Å². The third kappa shape index (κ3) is 3.11. The van der Waals surface area contributed by atoms with Crippen molar-refractivity contribution in [2.45, 2.75) is 51.1 Å². The molecule has 1 heterocycles. The van der Waals surface area contributed by atoms with Crippen molar-refractivity contribution < 1.29 is 22.8 Å². The van der Waals surface area contributed by atoms with Crippen LogP contribution in [0.5, 0.6) is 0 Å². The van der Waals surface area contributed by atoms with E-state index in [0.717, 1.165) is 0 Å². The lowest BCUT2D eigenvalue weighted by molar-refractivity contribution is -0.943. The highest BCUT2D eigenvalue weighted by atomic mass is 32.2. The molecule has 1 aliphatic rings. The van der Waals surface area contributed by atoms with Crippen LogP contribution in [0.3, 0.4) is 0 Å². The molecule has 0 radical (unpaired) electrons. The zero-order chi connectivity index (χ0) is 19.9. The standard InChI is InChI=1S/C18H25N3O4S/c1-13-10-15(11-19)6-7-16(13)26(24,25)20-8-9-21(17(22)23,14(2)12-20)18(3,4)5/h6-7,10,14H,8-9,12H2,1-5H3/t14-,21?/m1/s1. The van der Waals surface area contributed by atoms with Gasteiger partial charge in [0.25, 0.3) is 6.09 Å². The number of rotatable bonds is 2. The second-order valence-electron chi connectivity index (χ2n) is 7.83. The van der Waals surface area contributed by atoms with Crippen LogP contribution in [-0.2, 0) is 10.0 Å². The Morgan fingerprint density at radius 1 is 1.38 bits per heavy atom. The number of piperazine rings is 1. The first kappa shape index (κ1) is 20.4. The number of benzene rings is 1. The Morgan fingerprint density at radius 2 is 2.00 bits per heavy atom. The molecule has 1 amide bonds. The second-order valence-corrected chi connectivity index (χ2v) is 9.74. The number of sulfonamides is 1. The molecule has 8 heteroatoms. The summed E-state index contributed by atoms with van der Waals surface area (Å²) in [5.74, 6) is 0. The molecule has 142 valence electrons. The average Bonchev–Trinajstić information content (AvgIpc) is 2.52. The molecule has 1 aromatic carbocycles. The van der Waals surface area contributed by atoms with Gasteiger partial charge in [0.1, 0.15) is 6.04 Å². The molecule has 1 aromatic rings. The van der Waals surface area contributed by atoms with Gasteiger partial charge in [-0.3, -0.25) is 4.48 Å². The Balaban J connectivity index is 2.39. The number of carbonyl (C=O) groups excluding carboxylic acids is 1. The van der Waals surface area contributed by atoms with Gasteiger partial charge in [-0.25, -0.2) is 8.42 Å². The van der Waals surface area contributed by atoms with Gasteiger partial charge in [-0.05, 0) is 58.4 Å². The van der Waals surface area contributed by atoms with Gasteiger partial charge in [0.2, 0.25) is 10.0 Å². The molecule has 2 rings (SSSR count). The van der Waals surface area contributed by atoms with Crippen LogP contribution in [0.4, 0.5) is 4.79 Å². The quantitative estimate of drug-likeness (QED) is 0.719. The molecule has 0 bridgehead atoms. The maximum atomic E-state index is 13.1. The number of carbonyl (C=O) groups is 1. The second kappa shape index (κ2) is 6.65. The van der Waals surface area contributed by atoms with E-state index in [4.69, 9.17) is 5.26 Å². The zero-order valence-corrected chi connectivity index (χ0v) is 16.6. The average molecular weight is 379 g/mol. The summed E-state index contributed by atoms with van der Waals surface area (Å²) in [5.41, 5.74) is 0.283. The van der Waals surface area contributed by atoms with Crippen LogP contribution in [0.25, 0.3) is 0 Å². The Labute approximate surface area is 155 Å². The molecule has 0 aliphatic carbocycles. The minimum atomic E-state index is -3.77. The summed E-state index contributed by atoms with van der Waals surface area (Å²) >= 11 is 0. The topological polar surface area (TPSA) is 101 Å². The highest BCUT2D eigenvalue weighted by molar-refractivity contribution is 7.89. The third-order valence-electron chi connectivity index (χ3n) is 5.37. The zero-order valence-electron chi connectivity index (χ0n) is 15.8. The van der Waals surface area contributed by atoms with Gasteiger partial charge < -0.3 is 9.90 Å². The van der Waals surface area contributed by atoms with E-state index >= 15 is 0 Å². The highest BCUT2D eigenvalue weighted by Crippen LogP contribution is 2.33. The van der Waals surface area contributed by atoms with E-state index in [9.17, 15) is 18.3 Å².